The predicted octanol–water partition coefficient (Wildman–Crippen LogP) is 7.88. The number of ether oxygens (including phenoxy) is 4. The number of carbonyl (C=O) groups excluding carboxylic acids is 3. The highest BCUT2D eigenvalue weighted by atomic mass is 19.1. The number of pyridine rings is 2. The van der Waals surface area contributed by atoms with Crippen LogP contribution in [0.4, 0.5) is 15.8 Å². The minimum atomic E-state index is -2.10. The van der Waals surface area contributed by atoms with Crippen molar-refractivity contribution in [3.63, 3.8) is 0 Å². The number of hydrogen-bond donors (Lipinski definition) is 7. The van der Waals surface area contributed by atoms with Crippen LogP contribution in [0.15, 0.2) is 53.2 Å². The number of nitrogens with one attached hydrogen (secondary N) is 1. The largest absolute Gasteiger partial charge is 0.507 e. The summed E-state index contributed by atoms with van der Waals surface area (Å²) in [6, 6.07) is 1.44. The minimum Gasteiger partial charge on any atom is -0.507 e. The molecule has 1 aliphatic carbocycles. The molecule has 19 nitrogen and oxygen atoms in total. The summed E-state index contributed by atoms with van der Waals surface area (Å²) in [6.07, 6.45) is 8.15. The van der Waals surface area contributed by atoms with E-state index in [1.807, 2.05) is 9.80 Å². The van der Waals surface area contributed by atoms with Gasteiger partial charge in [-0.15, -0.1) is 0 Å². The number of aromatic carboxylic acids is 1. The number of aromatic nitrogens is 1. The Morgan fingerprint density at radius 3 is 2.20 bits per heavy atom. The van der Waals surface area contributed by atoms with Crippen molar-refractivity contribution < 1.29 is 73.2 Å². The number of methoxy groups -OCH3 is 1. The normalized spacial score (nSPS) is 29.1. The quantitative estimate of drug-likeness (QED) is 0.0527. The number of benzene rings is 2. The number of phenolic OH excluding ortho intramolecular Hbond substituents is 3. The molecule has 1 spiro atoms. The third kappa shape index (κ3) is 10.2. The monoisotopic (exact) mass is 1110 g/mol. The SMILES string of the molecule is CO[C@H]1/C=C/O[C@@]2(C)Oc3c(C)c(O)c4c(O)c(c(CN5CCC6(CC5)CCN(c5c(F)cn7c(=O)c(C(=O)O)cc(C8CC8)c7c5C)C6)c(O)c4c3C2=O)NC(=O)/C(C)=C\C=C\[C@H](C)[C@H](O)[C@@H](C)[C@@H](O)[C@@H](C)[C@H](OC(C)=O)[C@@H]1C. The van der Waals surface area contributed by atoms with Crippen molar-refractivity contribution in [1.29, 1.82) is 0 Å². The van der Waals surface area contributed by atoms with Crippen molar-refractivity contribution in [2.24, 2.45) is 29.1 Å². The first kappa shape index (κ1) is 57.7. The third-order valence-electron chi connectivity index (χ3n) is 17.8. The molecule has 2 saturated heterocycles. The van der Waals surface area contributed by atoms with Gasteiger partial charge in [0.25, 0.3) is 17.2 Å². The van der Waals surface area contributed by atoms with E-state index in [0.717, 1.165) is 29.9 Å². The van der Waals surface area contributed by atoms with Crippen molar-refractivity contribution in [3.05, 3.63) is 98.0 Å². The number of piperidine rings is 1. The van der Waals surface area contributed by atoms with E-state index in [2.05, 4.69) is 5.32 Å². The molecule has 0 unspecified atom stereocenters. The highest BCUT2D eigenvalue weighted by molar-refractivity contribution is 6.22. The van der Waals surface area contributed by atoms with Crippen LogP contribution in [0.5, 0.6) is 23.0 Å². The van der Waals surface area contributed by atoms with E-state index in [9.17, 15) is 54.6 Å². The molecule has 7 N–H and O–H groups in total. The topological polar surface area (TPSA) is 267 Å². The number of Topliss-reactive ketones (excluding diaryl/α,β-unsaturated/α-hetero) is 1. The van der Waals surface area contributed by atoms with Gasteiger partial charge < -0.3 is 59.8 Å². The molecule has 6 aliphatic rings. The predicted molar refractivity (Wildman–Crippen MR) is 295 cm³/mol. The Hall–Kier alpha value is -7.00. The molecule has 10 rings (SSSR count). The van der Waals surface area contributed by atoms with Crippen LogP contribution in [0.2, 0.25) is 0 Å². The number of likely N-dealkylation sites (tertiary alicyclic amines) is 1. The van der Waals surface area contributed by atoms with Crippen molar-refractivity contribution >= 4 is 51.3 Å². The van der Waals surface area contributed by atoms with Crippen LogP contribution in [-0.2, 0) is 30.3 Å². The highest BCUT2D eigenvalue weighted by Crippen LogP contribution is 2.56. The van der Waals surface area contributed by atoms with Gasteiger partial charge in [-0.25, -0.2) is 9.18 Å². The number of aromatic hydroxyl groups is 3. The third-order valence-corrected chi connectivity index (χ3v) is 17.8. The number of anilines is 2. The maximum Gasteiger partial charge on any atom is 0.341 e. The highest BCUT2D eigenvalue weighted by Gasteiger charge is 2.50. The fraction of sp³-hybridized carbons (Fsp3) is 0.517. The lowest BCUT2D eigenvalue weighted by Crippen LogP contribution is -2.46. The fourth-order valence-corrected chi connectivity index (χ4v) is 12.8. The molecule has 7 heterocycles. The van der Waals surface area contributed by atoms with Crippen molar-refractivity contribution in [2.45, 2.75) is 137 Å². The number of nitrogens with zero attached hydrogens (tertiary/aromatic N) is 3. The summed E-state index contributed by atoms with van der Waals surface area (Å²) in [7, 11) is 1.43. The summed E-state index contributed by atoms with van der Waals surface area (Å²) in [5.74, 6) is -10.5. The number of phenols is 3. The maximum atomic E-state index is 16.3. The van der Waals surface area contributed by atoms with E-state index < -0.39 is 112 Å². The van der Waals surface area contributed by atoms with Crippen LogP contribution in [0, 0.1) is 48.8 Å². The second-order valence-corrected chi connectivity index (χ2v) is 23.2. The fourth-order valence-electron chi connectivity index (χ4n) is 12.8. The van der Waals surface area contributed by atoms with Gasteiger partial charge in [-0.05, 0) is 101 Å². The van der Waals surface area contributed by atoms with Crippen LogP contribution in [-0.4, -0.2) is 127 Å². The Morgan fingerprint density at radius 1 is 0.887 bits per heavy atom. The van der Waals surface area contributed by atoms with E-state index in [4.69, 9.17) is 18.9 Å². The summed E-state index contributed by atoms with van der Waals surface area (Å²) in [6.45, 7) is 16.1. The van der Waals surface area contributed by atoms with Gasteiger partial charge in [0.1, 0.15) is 28.9 Å². The minimum absolute atomic E-state index is 0.0320. The molecule has 4 aromatic rings. The first-order valence-corrected chi connectivity index (χ1v) is 27.4. The molecule has 5 bridgehead atoms. The number of amides is 1. The molecule has 0 radical (unpaired) electrons. The van der Waals surface area contributed by atoms with E-state index in [1.165, 1.54) is 59.3 Å². The van der Waals surface area contributed by atoms with Crippen molar-refractivity contribution in [2.75, 3.05) is 43.5 Å². The number of hydrogen-bond acceptors (Lipinski definition) is 16. The second kappa shape index (κ2) is 21.8. The molecule has 80 heavy (non-hydrogen) atoms. The lowest BCUT2D eigenvalue weighted by Gasteiger charge is -2.40. The molecule has 3 fully saturated rings. The zero-order valence-electron chi connectivity index (χ0n) is 46.9. The Bertz CT molecular complexity index is 3360. The number of carbonyl (C=O) groups is 4. The number of rotatable bonds is 7. The number of esters is 1. The number of fused-ring (bicyclic) bond motifs is 15. The van der Waals surface area contributed by atoms with Crippen LogP contribution in [0.1, 0.15) is 129 Å². The smallest absolute Gasteiger partial charge is 0.341 e. The molecule has 2 aromatic carbocycles. The van der Waals surface area contributed by atoms with Crippen LogP contribution >= 0.6 is 0 Å². The average molecular weight is 1110 g/mol. The number of ketones is 1. The molecule has 430 valence electrons. The summed E-state index contributed by atoms with van der Waals surface area (Å²) in [4.78, 5) is 71.0. The van der Waals surface area contributed by atoms with E-state index in [1.54, 1.807) is 46.8 Å². The molecule has 2 aromatic heterocycles. The van der Waals surface area contributed by atoms with Crippen LogP contribution in [0.3, 0.4) is 0 Å². The molecule has 9 atom stereocenters. The number of aryl methyl sites for hydroxylation is 1. The molecule has 20 heteroatoms. The maximum absolute atomic E-state index is 16.3. The Balaban J connectivity index is 1.07. The standard InChI is InChI=1S/C60H73FN4O15/c1-28-12-11-13-29(2)56(73)62-45-39(25-63-20-17-60(18-21-63)19-22-64(27-60)47-31(4)46-37(36-14-15-36)24-38(58(75)76)57(74)65(46)26-40(47)61)51(70)42-43(52(45)71)50(69)34(7)54-44(42)55(72)59(9,80-54)78-23-16-41(77-10)30(3)53(79-35(8)66)33(6)49(68)32(5)48(28)67/h11-13,16,23-24,26,28,30,32-33,36,41,48-49,53,67-71H,14-15,17-22,25,27H2,1-10H3,(H,62,73)(H,75,76)/b12-11+,23-16+,29-13-/t28-,30+,32+,33+,41-,48-,49+,53+,59-/m0/s1. The average Bonchev–Trinajstić information content (AvgIpc) is 4.27. The van der Waals surface area contributed by atoms with E-state index in [-0.39, 0.29) is 62.4 Å². The van der Waals surface area contributed by atoms with Gasteiger partial charge in [0.15, 0.2) is 11.6 Å². The molecular weight excluding hydrogens is 1040 g/mol. The van der Waals surface area contributed by atoms with Gasteiger partial charge >= 0.3 is 17.7 Å². The number of allylic oxidation sites excluding steroid dienone is 2. The van der Waals surface area contributed by atoms with Crippen molar-refractivity contribution in [3.8, 4) is 23.0 Å². The van der Waals surface area contributed by atoms with Gasteiger partial charge in [0.05, 0.1) is 58.6 Å². The van der Waals surface area contributed by atoms with Gasteiger partial charge in [0.2, 0.25) is 0 Å². The number of aliphatic hydroxyl groups excluding tert-OH is 2. The van der Waals surface area contributed by atoms with Crippen molar-refractivity contribution in [1.82, 2.24) is 9.30 Å². The number of aliphatic hydroxyl groups is 2. The van der Waals surface area contributed by atoms with Gasteiger partial charge in [0, 0.05) is 86.3 Å². The zero-order valence-corrected chi connectivity index (χ0v) is 46.9. The van der Waals surface area contributed by atoms with E-state index >= 15 is 4.39 Å². The lowest BCUT2D eigenvalue weighted by atomic mass is 9.77. The van der Waals surface area contributed by atoms with Gasteiger partial charge in [-0.1, -0.05) is 45.9 Å². The molecule has 5 aliphatic heterocycles. The van der Waals surface area contributed by atoms with Gasteiger partial charge in [-0.2, -0.15) is 0 Å². The Labute approximate surface area is 462 Å². The summed E-state index contributed by atoms with van der Waals surface area (Å²) in [5.41, 5.74) is 0.529. The number of carboxylic acid groups (broad SMARTS) is 1. The summed E-state index contributed by atoms with van der Waals surface area (Å²) < 4.78 is 41.4. The lowest BCUT2D eigenvalue weighted by molar-refractivity contribution is -0.160. The molecule has 1 amide bonds. The molecular formula is C60H73FN4O15. The van der Waals surface area contributed by atoms with E-state index in [0.29, 0.717) is 61.4 Å². The number of halogens is 1. The first-order valence-electron chi connectivity index (χ1n) is 27.4. The second-order valence-electron chi connectivity index (χ2n) is 23.2. The first-order chi connectivity index (χ1) is 37.7. The van der Waals surface area contributed by atoms with Crippen LogP contribution in [0.25, 0.3) is 16.3 Å². The summed E-state index contributed by atoms with van der Waals surface area (Å²) >= 11 is 0. The molecule has 1 saturated carbocycles. The Morgan fingerprint density at radius 2 is 1.56 bits per heavy atom. The summed E-state index contributed by atoms with van der Waals surface area (Å²) in [5, 5.41) is 72.1. The zero-order chi connectivity index (χ0) is 58.2. The van der Waals surface area contributed by atoms with Crippen LogP contribution < -0.4 is 20.5 Å². The Kier molecular flexibility index (Phi) is 15.7. The van der Waals surface area contributed by atoms with Gasteiger partial charge in [-0.3, -0.25) is 28.5 Å². The number of carboxylic acids is 1.